The molecule has 0 aliphatic heterocycles. The first-order chi connectivity index (χ1) is 12.9. The van der Waals surface area contributed by atoms with Crippen LogP contribution in [-0.4, -0.2) is 44.8 Å². The van der Waals surface area contributed by atoms with Gasteiger partial charge in [0.1, 0.15) is 0 Å². The van der Waals surface area contributed by atoms with E-state index in [1.807, 2.05) is 0 Å². The van der Waals surface area contributed by atoms with E-state index in [1.165, 1.54) is 38.1 Å². The molecule has 0 bridgehead atoms. The predicted octanol–water partition coefficient (Wildman–Crippen LogP) is 1.71. The summed E-state index contributed by atoms with van der Waals surface area (Å²) in [6.07, 6.45) is 0.626. The summed E-state index contributed by atoms with van der Waals surface area (Å²) in [5, 5.41) is 19.2. The molecule has 8 nitrogen and oxygen atoms in total. The maximum absolute atomic E-state index is 13.1. The van der Waals surface area contributed by atoms with E-state index in [2.05, 4.69) is 0 Å². The zero-order chi connectivity index (χ0) is 21.9. The van der Waals surface area contributed by atoms with E-state index in [0.717, 1.165) is 0 Å². The lowest BCUT2D eigenvalue weighted by molar-refractivity contribution is -0.144. The van der Waals surface area contributed by atoms with Crippen LogP contribution in [0.25, 0.3) is 0 Å². The van der Waals surface area contributed by atoms with E-state index in [9.17, 15) is 29.4 Å². The minimum Gasteiger partial charge on any atom is -0.480 e. The third-order valence-electron chi connectivity index (χ3n) is 5.65. The molecule has 6 N–H and O–H groups in total. The van der Waals surface area contributed by atoms with Gasteiger partial charge in [-0.25, -0.2) is 9.59 Å². The average molecular weight is 392 g/mol. The van der Waals surface area contributed by atoms with E-state index in [-0.39, 0.29) is 11.1 Å². The lowest BCUT2D eigenvalue weighted by Crippen LogP contribution is -2.61. The Labute approximate surface area is 163 Å². The summed E-state index contributed by atoms with van der Waals surface area (Å²) in [5.74, 6) is -6.42. The number of ketones is 2. The second-order valence-electron chi connectivity index (χ2n) is 7.17. The van der Waals surface area contributed by atoms with Gasteiger partial charge in [0.25, 0.3) is 0 Å². The first-order valence-electron chi connectivity index (χ1n) is 9.13. The molecule has 0 amide bonds. The zero-order valence-corrected chi connectivity index (χ0v) is 16.6. The Morgan fingerprint density at radius 2 is 1.11 bits per heavy atom. The van der Waals surface area contributed by atoms with Crippen LogP contribution in [0.3, 0.4) is 0 Å². The molecule has 0 saturated carbocycles. The Kier molecular flexibility index (Phi) is 7.22. The van der Waals surface area contributed by atoms with Gasteiger partial charge in [-0.1, -0.05) is 64.8 Å². The molecule has 0 fully saturated rings. The number of Topliss-reactive ketones (excluding diaryl/α,β-unsaturated/α-hetero) is 2. The van der Waals surface area contributed by atoms with E-state index in [0.29, 0.717) is 12.8 Å². The molecule has 0 heterocycles. The van der Waals surface area contributed by atoms with Crippen molar-refractivity contribution in [3.63, 3.8) is 0 Å². The number of benzene rings is 1. The molecule has 4 atom stereocenters. The number of nitrogens with two attached hydrogens (primary N) is 2. The summed E-state index contributed by atoms with van der Waals surface area (Å²) in [6.45, 7) is 6.44. The van der Waals surface area contributed by atoms with Gasteiger partial charge in [-0.3, -0.25) is 9.59 Å². The predicted molar refractivity (Wildman–Crippen MR) is 103 cm³/mol. The van der Waals surface area contributed by atoms with Crippen molar-refractivity contribution in [1.82, 2.24) is 0 Å². The second-order valence-corrected chi connectivity index (χ2v) is 7.17. The molecule has 1 aromatic rings. The van der Waals surface area contributed by atoms with Gasteiger partial charge >= 0.3 is 11.9 Å². The molecular weight excluding hydrogens is 364 g/mol. The number of carboxylic acid groups (broad SMARTS) is 2. The standard InChI is InChI=1S/C20H28N2O6/c1-5-11(3)19(21,17(25)26)15(23)13-9-7-8-10-14(13)16(24)20(22,18(27)28)12(4)6-2/h7-12H,5-6,21-22H2,1-4H3,(H,25,26)(H,27,28)/t11?,12?,19-,20-/m1/s1. The van der Waals surface area contributed by atoms with Crippen LogP contribution in [0.5, 0.6) is 0 Å². The summed E-state index contributed by atoms with van der Waals surface area (Å²) in [5.41, 5.74) is 6.94. The molecule has 1 rings (SSSR count). The van der Waals surface area contributed by atoms with Crippen molar-refractivity contribution >= 4 is 23.5 Å². The van der Waals surface area contributed by atoms with Gasteiger partial charge < -0.3 is 21.7 Å². The Morgan fingerprint density at radius 1 is 0.821 bits per heavy atom. The van der Waals surface area contributed by atoms with Gasteiger partial charge in [0.2, 0.25) is 0 Å². The minimum absolute atomic E-state index is 0.253. The van der Waals surface area contributed by atoms with Crippen LogP contribution in [0.15, 0.2) is 24.3 Å². The third-order valence-corrected chi connectivity index (χ3v) is 5.65. The molecule has 2 unspecified atom stereocenters. The molecule has 0 radical (unpaired) electrons. The molecule has 0 spiro atoms. The fourth-order valence-electron chi connectivity index (χ4n) is 3.03. The highest BCUT2D eigenvalue weighted by Crippen LogP contribution is 2.29. The molecule has 1 aromatic carbocycles. The number of carbonyl (C=O) groups excluding carboxylic acids is 2. The van der Waals surface area contributed by atoms with Crippen molar-refractivity contribution in [3.05, 3.63) is 35.4 Å². The van der Waals surface area contributed by atoms with Gasteiger partial charge in [0.15, 0.2) is 22.6 Å². The number of aliphatic carboxylic acids is 2. The van der Waals surface area contributed by atoms with Gasteiger partial charge in [-0.05, 0) is 11.8 Å². The van der Waals surface area contributed by atoms with Crippen LogP contribution in [-0.2, 0) is 9.59 Å². The summed E-state index contributed by atoms with van der Waals surface area (Å²) in [4.78, 5) is 49.9. The third kappa shape index (κ3) is 3.70. The zero-order valence-electron chi connectivity index (χ0n) is 16.6. The van der Waals surface area contributed by atoms with E-state index in [4.69, 9.17) is 11.5 Å². The van der Waals surface area contributed by atoms with Gasteiger partial charge in [-0.2, -0.15) is 0 Å². The fourth-order valence-corrected chi connectivity index (χ4v) is 3.03. The molecule has 0 aliphatic rings. The van der Waals surface area contributed by atoms with Crippen molar-refractivity contribution in [1.29, 1.82) is 0 Å². The largest absolute Gasteiger partial charge is 0.480 e. The van der Waals surface area contributed by atoms with Crippen molar-refractivity contribution in [2.45, 2.75) is 51.6 Å². The highest BCUT2D eigenvalue weighted by Gasteiger charge is 2.51. The number of hydrogen-bond acceptors (Lipinski definition) is 6. The molecule has 0 aromatic heterocycles. The highest BCUT2D eigenvalue weighted by molar-refractivity contribution is 6.24. The lowest BCUT2D eigenvalue weighted by atomic mass is 9.74. The number of hydrogen-bond donors (Lipinski definition) is 4. The molecule has 0 saturated heterocycles. The Balaban J connectivity index is 3.65. The smallest absolute Gasteiger partial charge is 0.332 e. The van der Waals surface area contributed by atoms with Crippen LogP contribution in [0.4, 0.5) is 0 Å². The SMILES string of the molecule is CCC(C)[C@](N)(C(=O)O)C(=O)c1ccccc1C(=O)[C@@](N)(C(=O)O)C(C)CC. The second kappa shape index (κ2) is 8.62. The number of carboxylic acids is 2. The van der Waals surface area contributed by atoms with Crippen LogP contribution < -0.4 is 11.5 Å². The number of carbonyl (C=O) groups is 4. The van der Waals surface area contributed by atoms with Gasteiger partial charge in [-0.15, -0.1) is 0 Å². The minimum atomic E-state index is -2.26. The quantitative estimate of drug-likeness (QED) is 0.345. The maximum atomic E-state index is 13.1. The van der Waals surface area contributed by atoms with Crippen molar-refractivity contribution in [2.75, 3.05) is 0 Å². The van der Waals surface area contributed by atoms with E-state index in [1.54, 1.807) is 13.8 Å². The van der Waals surface area contributed by atoms with E-state index >= 15 is 0 Å². The Bertz CT molecular complexity index is 728. The average Bonchev–Trinajstić information content (AvgIpc) is 2.69. The fraction of sp³-hybridized carbons (Fsp3) is 0.500. The molecule has 28 heavy (non-hydrogen) atoms. The summed E-state index contributed by atoms with van der Waals surface area (Å²) in [7, 11) is 0. The Hall–Kier alpha value is -2.58. The maximum Gasteiger partial charge on any atom is 0.332 e. The molecule has 154 valence electrons. The number of rotatable bonds is 10. The van der Waals surface area contributed by atoms with Crippen LogP contribution in [0, 0.1) is 11.8 Å². The molecule has 8 heteroatoms. The van der Waals surface area contributed by atoms with Crippen LogP contribution in [0.2, 0.25) is 0 Å². The van der Waals surface area contributed by atoms with Crippen LogP contribution >= 0.6 is 0 Å². The molecular formula is C20H28N2O6. The van der Waals surface area contributed by atoms with Crippen molar-refractivity contribution < 1.29 is 29.4 Å². The van der Waals surface area contributed by atoms with E-state index < -0.39 is 46.4 Å². The van der Waals surface area contributed by atoms with Crippen molar-refractivity contribution in [3.8, 4) is 0 Å². The summed E-state index contributed by atoms with van der Waals surface area (Å²) < 4.78 is 0. The van der Waals surface area contributed by atoms with Crippen molar-refractivity contribution in [2.24, 2.45) is 23.3 Å². The summed E-state index contributed by atoms with van der Waals surface area (Å²) >= 11 is 0. The Morgan fingerprint density at radius 3 is 1.32 bits per heavy atom. The first-order valence-corrected chi connectivity index (χ1v) is 9.13. The monoisotopic (exact) mass is 392 g/mol. The van der Waals surface area contributed by atoms with Gasteiger partial charge in [0, 0.05) is 11.1 Å². The molecule has 0 aliphatic carbocycles. The summed E-state index contributed by atoms with van der Waals surface area (Å²) in [6, 6.07) is 5.43. The highest BCUT2D eigenvalue weighted by atomic mass is 16.4. The topological polar surface area (TPSA) is 161 Å². The normalized spacial score (nSPS) is 17.6. The first kappa shape index (κ1) is 23.5. The lowest BCUT2D eigenvalue weighted by Gasteiger charge is -2.32. The van der Waals surface area contributed by atoms with Crippen LogP contribution in [0.1, 0.15) is 61.3 Å². The van der Waals surface area contributed by atoms with Gasteiger partial charge in [0.05, 0.1) is 0 Å².